The summed E-state index contributed by atoms with van der Waals surface area (Å²) in [5, 5.41) is 0. The summed E-state index contributed by atoms with van der Waals surface area (Å²) in [5.74, 6) is -0.628. The van der Waals surface area contributed by atoms with Gasteiger partial charge in [-0.2, -0.15) is 0 Å². The summed E-state index contributed by atoms with van der Waals surface area (Å²) in [4.78, 5) is 54.4. The molecule has 2 bridgehead atoms. The highest BCUT2D eigenvalue weighted by Crippen LogP contribution is 2.56. The summed E-state index contributed by atoms with van der Waals surface area (Å²) in [5.41, 5.74) is 3.44. The van der Waals surface area contributed by atoms with Gasteiger partial charge >= 0.3 is 5.97 Å². The number of fused-ring (bicyclic) bond motifs is 5. The Morgan fingerprint density at radius 3 is 2.06 bits per heavy atom. The van der Waals surface area contributed by atoms with E-state index in [0.29, 0.717) is 23.3 Å². The molecule has 2 saturated carbocycles. The largest absolute Gasteiger partial charge is 0.426 e. The van der Waals surface area contributed by atoms with Crippen LogP contribution in [0.25, 0.3) is 0 Å². The first-order chi connectivity index (χ1) is 16.8. The van der Waals surface area contributed by atoms with E-state index in [1.54, 1.807) is 29.2 Å². The van der Waals surface area contributed by atoms with Gasteiger partial charge in [-0.15, -0.1) is 0 Å². The summed E-state index contributed by atoms with van der Waals surface area (Å²) in [6, 6.07) is 12.4. The molecule has 2 aliphatic carbocycles. The van der Waals surface area contributed by atoms with Gasteiger partial charge in [-0.25, -0.2) is 0 Å². The number of hydrogen-bond donors (Lipinski definition) is 0. The van der Waals surface area contributed by atoms with Crippen molar-refractivity contribution in [1.29, 1.82) is 0 Å². The molecule has 2 aromatic carbocycles. The zero-order chi connectivity index (χ0) is 24.4. The van der Waals surface area contributed by atoms with E-state index in [1.165, 1.54) is 4.90 Å². The van der Waals surface area contributed by atoms with Crippen LogP contribution in [0.15, 0.2) is 42.5 Å². The predicted molar refractivity (Wildman–Crippen MR) is 129 cm³/mol. The fourth-order valence-electron chi connectivity index (χ4n) is 6.75. The molecule has 7 nitrogen and oxygen atoms in total. The van der Waals surface area contributed by atoms with E-state index < -0.39 is 11.9 Å². The van der Waals surface area contributed by atoms with Crippen molar-refractivity contribution in [2.24, 2.45) is 29.6 Å². The molecule has 0 N–H and O–H groups in total. The van der Waals surface area contributed by atoms with E-state index in [9.17, 15) is 19.2 Å². The Bertz CT molecular complexity index is 1200. The van der Waals surface area contributed by atoms with Gasteiger partial charge in [0.15, 0.2) is 0 Å². The molecule has 35 heavy (non-hydrogen) atoms. The lowest BCUT2D eigenvalue weighted by Gasteiger charge is -2.19. The van der Waals surface area contributed by atoms with Crippen molar-refractivity contribution in [3.05, 3.63) is 53.6 Å². The number of ether oxygens (including phenoxy) is 1. The van der Waals surface area contributed by atoms with Crippen LogP contribution in [0.2, 0.25) is 0 Å². The number of benzene rings is 2. The normalized spacial score (nSPS) is 29.3. The van der Waals surface area contributed by atoms with E-state index in [4.69, 9.17) is 4.74 Å². The third-order valence-electron chi connectivity index (χ3n) is 8.22. The van der Waals surface area contributed by atoms with Crippen molar-refractivity contribution in [2.75, 3.05) is 16.3 Å². The van der Waals surface area contributed by atoms with Crippen LogP contribution in [-0.2, 0) is 19.2 Å². The quantitative estimate of drug-likeness (QED) is 0.384. The second-order valence-electron chi connectivity index (χ2n) is 10.6. The lowest BCUT2D eigenvalue weighted by atomic mass is 9.81. The number of aryl methyl sites for hydroxylation is 2. The highest BCUT2D eigenvalue weighted by atomic mass is 16.5. The van der Waals surface area contributed by atoms with Gasteiger partial charge in [-0.3, -0.25) is 24.1 Å². The standard InChI is InChI=1S/C28H28N2O5/c1-15-9-16(2)11-21(10-15)29-14-19(13-23(29)31)28(34)35-22-7-5-20(6-8-22)30-26(32)24-17-3-4-18(12-17)25(24)27(30)33/h5-11,17-19,24-25H,3-4,12-14H2,1-2H3/t17-,18-,19+,24-,25-/m0/s1. The van der Waals surface area contributed by atoms with Crippen molar-refractivity contribution >= 4 is 35.1 Å². The van der Waals surface area contributed by atoms with Crippen LogP contribution in [0, 0.1) is 43.4 Å². The number of esters is 1. The van der Waals surface area contributed by atoms with Crippen molar-refractivity contribution < 1.29 is 23.9 Å². The smallest absolute Gasteiger partial charge is 0.316 e. The molecule has 2 aromatic rings. The molecule has 180 valence electrons. The van der Waals surface area contributed by atoms with Crippen LogP contribution in [0.3, 0.4) is 0 Å². The molecule has 4 aliphatic rings. The van der Waals surface area contributed by atoms with Gasteiger partial charge in [0.1, 0.15) is 5.75 Å². The van der Waals surface area contributed by atoms with E-state index in [-0.39, 0.29) is 42.5 Å². The van der Waals surface area contributed by atoms with E-state index in [1.807, 2.05) is 32.0 Å². The van der Waals surface area contributed by atoms with Crippen molar-refractivity contribution in [2.45, 2.75) is 39.5 Å². The Morgan fingerprint density at radius 1 is 0.857 bits per heavy atom. The molecular weight excluding hydrogens is 444 g/mol. The number of nitrogens with zero attached hydrogens (tertiary/aromatic N) is 2. The van der Waals surface area contributed by atoms with Gasteiger partial charge in [0, 0.05) is 18.7 Å². The molecule has 5 atom stereocenters. The summed E-state index contributed by atoms with van der Waals surface area (Å²) in [6.07, 6.45) is 3.18. The monoisotopic (exact) mass is 472 g/mol. The lowest BCUT2D eigenvalue weighted by Crippen LogP contribution is -2.32. The average molecular weight is 473 g/mol. The zero-order valence-electron chi connectivity index (χ0n) is 19.9. The predicted octanol–water partition coefficient (Wildman–Crippen LogP) is 3.80. The number of carbonyl (C=O) groups excluding carboxylic acids is 4. The number of rotatable bonds is 4. The molecule has 2 saturated heterocycles. The lowest BCUT2D eigenvalue weighted by molar-refractivity contribution is -0.139. The minimum atomic E-state index is -0.556. The first kappa shape index (κ1) is 22.0. The Balaban J connectivity index is 1.13. The second-order valence-corrected chi connectivity index (χ2v) is 10.6. The molecule has 6 rings (SSSR count). The molecule has 0 spiro atoms. The van der Waals surface area contributed by atoms with Crippen LogP contribution >= 0.6 is 0 Å². The molecule has 7 heteroatoms. The van der Waals surface area contributed by atoms with Gasteiger partial charge in [0.25, 0.3) is 0 Å². The molecule has 3 amide bonds. The van der Waals surface area contributed by atoms with Crippen molar-refractivity contribution in [3.63, 3.8) is 0 Å². The molecule has 0 unspecified atom stereocenters. The fraction of sp³-hybridized carbons (Fsp3) is 0.429. The van der Waals surface area contributed by atoms with Crippen molar-refractivity contribution in [1.82, 2.24) is 0 Å². The molecule has 0 aromatic heterocycles. The maximum Gasteiger partial charge on any atom is 0.316 e. The van der Waals surface area contributed by atoms with Gasteiger partial charge < -0.3 is 9.64 Å². The van der Waals surface area contributed by atoms with E-state index in [0.717, 1.165) is 36.1 Å². The topological polar surface area (TPSA) is 84.0 Å². The van der Waals surface area contributed by atoms with Crippen molar-refractivity contribution in [3.8, 4) is 5.75 Å². The highest BCUT2D eigenvalue weighted by Gasteiger charge is 2.61. The van der Waals surface area contributed by atoms with Gasteiger partial charge in [0.2, 0.25) is 17.7 Å². The van der Waals surface area contributed by atoms with Gasteiger partial charge in [-0.05, 0) is 92.5 Å². The van der Waals surface area contributed by atoms with E-state index >= 15 is 0 Å². The summed E-state index contributed by atoms with van der Waals surface area (Å²) in [7, 11) is 0. The molecule has 2 aliphatic heterocycles. The average Bonchev–Trinajstić information content (AvgIpc) is 3.57. The fourth-order valence-corrected chi connectivity index (χ4v) is 6.75. The van der Waals surface area contributed by atoms with Gasteiger partial charge in [0.05, 0.1) is 23.4 Å². The number of amides is 3. The third kappa shape index (κ3) is 3.56. The minimum absolute atomic E-state index is 0.0899. The van der Waals surface area contributed by atoms with Gasteiger partial charge in [-0.1, -0.05) is 6.07 Å². The first-order valence-corrected chi connectivity index (χ1v) is 12.4. The molecule has 0 radical (unpaired) electrons. The number of hydrogen-bond acceptors (Lipinski definition) is 5. The van der Waals surface area contributed by atoms with E-state index in [2.05, 4.69) is 0 Å². The van der Waals surface area contributed by atoms with Crippen LogP contribution in [0.4, 0.5) is 11.4 Å². The Kier molecular flexibility index (Phi) is 5.06. The third-order valence-corrected chi connectivity index (χ3v) is 8.22. The molecule has 4 fully saturated rings. The van der Waals surface area contributed by atoms with Crippen LogP contribution in [0.5, 0.6) is 5.75 Å². The maximum atomic E-state index is 13.0. The number of anilines is 2. The minimum Gasteiger partial charge on any atom is -0.426 e. The van der Waals surface area contributed by atoms with Crippen LogP contribution < -0.4 is 14.5 Å². The number of imide groups is 1. The summed E-state index contributed by atoms with van der Waals surface area (Å²) in [6.45, 7) is 4.24. The highest BCUT2D eigenvalue weighted by molar-refractivity contribution is 6.22. The van der Waals surface area contributed by atoms with Crippen LogP contribution in [0.1, 0.15) is 36.8 Å². The summed E-state index contributed by atoms with van der Waals surface area (Å²) >= 11 is 0. The Hall–Kier alpha value is -3.48. The Morgan fingerprint density at radius 2 is 1.46 bits per heavy atom. The Labute approximate surface area is 204 Å². The number of carbonyl (C=O) groups is 4. The summed E-state index contributed by atoms with van der Waals surface area (Å²) < 4.78 is 5.56. The first-order valence-electron chi connectivity index (χ1n) is 12.4. The maximum absolute atomic E-state index is 13.0. The van der Waals surface area contributed by atoms with Crippen LogP contribution in [-0.4, -0.2) is 30.2 Å². The SMILES string of the molecule is Cc1cc(C)cc(N2C[C@H](C(=O)Oc3ccc(N4C(=O)[C@H]5[C@H]6CC[C@@H](C6)[C@@H]5C4=O)cc3)CC2=O)c1. The molecular formula is C28H28N2O5. The molecule has 2 heterocycles. The zero-order valence-corrected chi connectivity index (χ0v) is 19.9. The second kappa shape index (κ2) is 8.04.